The molecule has 0 aliphatic carbocycles. The van der Waals surface area contributed by atoms with Crippen molar-refractivity contribution in [1.29, 1.82) is 0 Å². The second kappa shape index (κ2) is 8.33. The summed E-state index contributed by atoms with van der Waals surface area (Å²) in [4.78, 5) is 14.6. The van der Waals surface area contributed by atoms with Gasteiger partial charge in [0, 0.05) is 12.0 Å². The Morgan fingerprint density at radius 2 is 1.57 bits per heavy atom. The van der Waals surface area contributed by atoms with E-state index in [1.807, 2.05) is 12.1 Å². The average molecular weight is 289 g/mol. The maximum absolute atomic E-state index is 12.2. The van der Waals surface area contributed by atoms with E-state index in [4.69, 9.17) is 0 Å². The first kappa shape index (κ1) is 17.9. The topological polar surface area (TPSA) is 20.3 Å². The summed E-state index contributed by atoms with van der Waals surface area (Å²) >= 11 is 0. The first-order valence-electron chi connectivity index (χ1n) is 8.24. The Labute approximate surface area is 130 Å². The Kier molecular flexibility index (Phi) is 7.10. The van der Waals surface area contributed by atoms with E-state index in [-0.39, 0.29) is 11.2 Å². The molecule has 0 amide bonds. The van der Waals surface area contributed by atoms with Crippen LogP contribution in [0.15, 0.2) is 24.3 Å². The standard InChI is InChI=1S/C19H31NO/c1-6-20(7-2)15-9-8-10-18(21)16-11-13-17(14-12-16)19(3,4)5/h11-14H,6-10,15H2,1-5H3. The lowest BCUT2D eigenvalue weighted by atomic mass is 9.86. The summed E-state index contributed by atoms with van der Waals surface area (Å²) in [5.74, 6) is 0.273. The minimum Gasteiger partial charge on any atom is -0.304 e. The van der Waals surface area contributed by atoms with E-state index in [2.05, 4.69) is 51.7 Å². The summed E-state index contributed by atoms with van der Waals surface area (Å²) < 4.78 is 0. The molecular formula is C19H31NO. The Bertz CT molecular complexity index is 424. The number of hydrogen-bond acceptors (Lipinski definition) is 2. The number of benzene rings is 1. The Morgan fingerprint density at radius 1 is 1.00 bits per heavy atom. The molecule has 0 atom stereocenters. The lowest BCUT2D eigenvalue weighted by molar-refractivity contribution is 0.0978. The predicted molar refractivity (Wildman–Crippen MR) is 91.1 cm³/mol. The van der Waals surface area contributed by atoms with Gasteiger partial charge in [0.15, 0.2) is 5.78 Å². The van der Waals surface area contributed by atoms with E-state index in [9.17, 15) is 4.79 Å². The SMILES string of the molecule is CCN(CC)CCCCC(=O)c1ccc(C(C)(C)C)cc1. The number of nitrogens with zero attached hydrogens (tertiary/aromatic N) is 1. The van der Waals surface area contributed by atoms with Crippen molar-refractivity contribution in [3.8, 4) is 0 Å². The maximum atomic E-state index is 12.2. The third-order valence-electron chi connectivity index (χ3n) is 4.10. The highest BCUT2D eigenvalue weighted by atomic mass is 16.1. The number of ketones is 1. The van der Waals surface area contributed by atoms with E-state index in [1.54, 1.807) is 0 Å². The maximum Gasteiger partial charge on any atom is 0.162 e. The lowest BCUT2D eigenvalue weighted by Crippen LogP contribution is -2.24. The molecule has 21 heavy (non-hydrogen) atoms. The zero-order valence-electron chi connectivity index (χ0n) is 14.4. The van der Waals surface area contributed by atoms with Gasteiger partial charge in [-0.3, -0.25) is 4.79 Å². The highest BCUT2D eigenvalue weighted by Gasteiger charge is 2.14. The molecule has 1 aromatic rings. The van der Waals surface area contributed by atoms with Crippen LogP contribution in [0.1, 0.15) is 69.8 Å². The minimum atomic E-state index is 0.144. The van der Waals surface area contributed by atoms with Crippen molar-refractivity contribution in [3.05, 3.63) is 35.4 Å². The van der Waals surface area contributed by atoms with Gasteiger partial charge in [-0.2, -0.15) is 0 Å². The highest BCUT2D eigenvalue weighted by Crippen LogP contribution is 2.22. The molecule has 0 heterocycles. The van der Waals surface area contributed by atoms with Gasteiger partial charge in [-0.15, -0.1) is 0 Å². The molecule has 0 fully saturated rings. The van der Waals surface area contributed by atoms with Crippen LogP contribution in [0.25, 0.3) is 0 Å². The van der Waals surface area contributed by atoms with Crippen molar-refractivity contribution in [3.63, 3.8) is 0 Å². The summed E-state index contributed by atoms with van der Waals surface area (Å²) in [6.45, 7) is 14.2. The van der Waals surface area contributed by atoms with Gasteiger partial charge in [-0.05, 0) is 43.5 Å². The van der Waals surface area contributed by atoms with Gasteiger partial charge >= 0.3 is 0 Å². The first-order chi connectivity index (χ1) is 9.88. The van der Waals surface area contributed by atoms with E-state index in [1.165, 1.54) is 5.56 Å². The fourth-order valence-corrected chi connectivity index (χ4v) is 2.46. The Morgan fingerprint density at radius 3 is 2.05 bits per heavy atom. The third-order valence-corrected chi connectivity index (χ3v) is 4.10. The number of carbonyl (C=O) groups excluding carboxylic acids is 1. The van der Waals surface area contributed by atoms with Crippen LogP contribution in [0.4, 0.5) is 0 Å². The predicted octanol–water partition coefficient (Wildman–Crippen LogP) is 4.68. The molecule has 0 spiro atoms. The van der Waals surface area contributed by atoms with E-state index >= 15 is 0 Å². The highest BCUT2D eigenvalue weighted by molar-refractivity contribution is 5.96. The first-order valence-corrected chi connectivity index (χ1v) is 8.24. The van der Waals surface area contributed by atoms with E-state index < -0.39 is 0 Å². The molecule has 0 saturated carbocycles. The molecule has 0 bridgehead atoms. The van der Waals surface area contributed by atoms with Gasteiger partial charge in [0.1, 0.15) is 0 Å². The smallest absolute Gasteiger partial charge is 0.162 e. The molecule has 0 unspecified atom stereocenters. The summed E-state index contributed by atoms with van der Waals surface area (Å²) in [7, 11) is 0. The van der Waals surface area contributed by atoms with Crippen molar-refractivity contribution < 1.29 is 4.79 Å². The molecule has 2 heteroatoms. The molecule has 0 aliphatic rings. The van der Waals surface area contributed by atoms with Gasteiger partial charge in [0.05, 0.1) is 0 Å². The minimum absolute atomic E-state index is 0.144. The molecule has 0 aliphatic heterocycles. The van der Waals surface area contributed by atoms with Crippen molar-refractivity contribution in [2.75, 3.05) is 19.6 Å². The molecule has 118 valence electrons. The fraction of sp³-hybridized carbons (Fsp3) is 0.632. The molecule has 0 radical (unpaired) electrons. The summed E-state index contributed by atoms with van der Waals surface area (Å²) in [6, 6.07) is 8.13. The van der Waals surface area contributed by atoms with Crippen LogP contribution in [-0.4, -0.2) is 30.3 Å². The van der Waals surface area contributed by atoms with E-state index in [0.29, 0.717) is 6.42 Å². The van der Waals surface area contributed by atoms with Gasteiger partial charge in [0.25, 0.3) is 0 Å². The number of unbranched alkanes of at least 4 members (excludes halogenated alkanes) is 1. The normalized spacial score (nSPS) is 11.9. The summed E-state index contributed by atoms with van der Waals surface area (Å²) in [6.07, 6.45) is 2.75. The molecule has 1 aromatic carbocycles. The fourth-order valence-electron chi connectivity index (χ4n) is 2.46. The molecule has 2 nitrogen and oxygen atoms in total. The van der Waals surface area contributed by atoms with Crippen molar-refractivity contribution in [1.82, 2.24) is 4.90 Å². The van der Waals surface area contributed by atoms with Crippen LogP contribution in [0, 0.1) is 0 Å². The van der Waals surface area contributed by atoms with Crippen LogP contribution in [0.5, 0.6) is 0 Å². The molecule has 0 saturated heterocycles. The zero-order valence-corrected chi connectivity index (χ0v) is 14.4. The third kappa shape index (κ3) is 6.01. The summed E-state index contributed by atoms with van der Waals surface area (Å²) in [5, 5.41) is 0. The summed E-state index contributed by atoms with van der Waals surface area (Å²) in [5.41, 5.74) is 2.28. The van der Waals surface area contributed by atoms with Crippen LogP contribution >= 0.6 is 0 Å². The Hall–Kier alpha value is -1.15. The van der Waals surface area contributed by atoms with Gasteiger partial charge in [0.2, 0.25) is 0 Å². The molecule has 0 N–H and O–H groups in total. The van der Waals surface area contributed by atoms with Gasteiger partial charge < -0.3 is 4.90 Å². The van der Waals surface area contributed by atoms with Crippen molar-refractivity contribution in [2.24, 2.45) is 0 Å². The monoisotopic (exact) mass is 289 g/mol. The van der Waals surface area contributed by atoms with Crippen LogP contribution in [0.2, 0.25) is 0 Å². The second-order valence-electron chi connectivity index (χ2n) is 6.73. The van der Waals surface area contributed by atoms with Crippen LogP contribution in [0.3, 0.4) is 0 Å². The van der Waals surface area contributed by atoms with Gasteiger partial charge in [-0.1, -0.05) is 58.9 Å². The van der Waals surface area contributed by atoms with Crippen molar-refractivity contribution >= 4 is 5.78 Å². The second-order valence-corrected chi connectivity index (χ2v) is 6.73. The molecule has 1 rings (SSSR count). The number of rotatable bonds is 8. The largest absolute Gasteiger partial charge is 0.304 e. The number of hydrogen-bond donors (Lipinski definition) is 0. The molecular weight excluding hydrogens is 258 g/mol. The lowest BCUT2D eigenvalue weighted by Gasteiger charge is -2.19. The zero-order chi connectivity index (χ0) is 15.9. The van der Waals surface area contributed by atoms with Gasteiger partial charge in [-0.25, -0.2) is 0 Å². The van der Waals surface area contributed by atoms with Crippen LogP contribution in [-0.2, 0) is 5.41 Å². The number of Topliss-reactive ketones (excluding diaryl/α,β-unsaturated/α-hetero) is 1. The Balaban J connectivity index is 2.42. The number of carbonyl (C=O) groups is 1. The molecule has 0 aromatic heterocycles. The van der Waals surface area contributed by atoms with Crippen molar-refractivity contribution in [2.45, 2.75) is 59.3 Å². The van der Waals surface area contributed by atoms with E-state index in [0.717, 1.165) is 38.0 Å². The average Bonchev–Trinajstić information content (AvgIpc) is 2.46. The quantitative estimate of drug-likeness (QED) is 0.511. The van der Waals surface area contributed by atoms with Crippen LogP contribution < -0.4 is 0 Å².